The minimum absolute atomic E-state index is 0.287. The molecule has 7 heteroatoms. The number of halogens is 1. The number of benzene rings is 1. The Hall–Kier alpha value is -1.47. The SMILES string of the molecule is CS(=O)(=O)c1ccc(Nc2ncncc2Br)cc1. The Morgan fingerprint density at radius 2 is 1.89 bits per heavy atom. The molecule has 1 heterocycles. The second kappa shape index (κ2) is 5.03. The number of hydrogen-bond donors (Lipinski definition) is 1. The van der Waals surface area contributed by atoms with Crippen molar-refractivity contribution in [3.05, 3.63) is 41.3 Å². The van der Waals surface area contributed by atoms with Gasteiger partial charge in [0.2, 0.25) is 0 Å². The molecule has 0 saturated carbocycles. The summed E-state index contributed by atoms with van der Waals surface area (Å²) in [5, 5.41) is 3.06. The minimum atomic E-state index is -3.16. The first kappa shape index (κ1) is 13.0. The van der Waals surface area contributed by atoms with Crippen LogP contribution in [-0.4, -0.2) is 24.6 Å². The largest absolute Gasteiger partial charge is 0.339 e. The van der Waals surface area contributed by atoms with E-state index >= 15 is 0 Å². The maximum Gasteiger partial charge on any atom is 0.175 e. The lowest BCUT2D eigenvalue weighted by atomic mass is 10.3. The van der Waals surface area contributed by atoms with Crippen LogP contribution in [0.5, 0.6) is 0 Å². The first-order valence-electron chi connectivity index (χ1n) is 4.99. The third-order valence-corrected chi connectivity index (χ3v) is 3.92. The Labute approximate surface area is 113 Å². The molecule has 0 amide bonds. The van der Waals surface area contributed by atoms with Crippen LogP contribution in [0.15, 0.2) is 46.2 Å². The van der Waals surface area contributed by atoms with E-state index in [2.05, 4.69) is 31.2 Å². The van der Waals surface area contributed by atoms with E-state index in [4.69, 9.17) is 0 Å². The monoisotopic (exact) mass is 327 g/mol. The van der Waals surface area contributed by atoms with Gasteiger partial charge < -0.3 is 5.32 Å². The van der Waals surface area contributed by atoms with Crippen molar-refractivity contribution >= 4 is 37.3 Å². The molecule has 1 N–H and O–H groups in total. The van der Waals surface area contributed by atoms with Crippen LogP contribution in [0.3, 0.4) is 0 Å². The number of nitrogens with one attached hydrogen (secondary N) is 1. The van der Waals surface area contributed by atoms with E-state index in [9.17, 15) is 8.42 Å². The number of anilines is 2. The number of rotatable bonds is 3. The first-order valence-corrected chi connectivity index (χ1v) is 7.68. The van der Waals surface area contributed by atoms with Crippen LogP contribution >= 0.6 is 15.9 Å². The van der Waals surface area contributed by atoms with Crippen LogP contribution in [0.1, 0.15) is 0 Å². The third-order valence-electron chi connectivity index (χ3n) is 2.21. The molecule has 0 spiro atoms. The zero-order chi connectivity index (χ0) is 13.2. The van der Waals surface area contributed by atoms with Gasteiger partial charge in [0.15, 0.2) is 9.84 Å². The van der Waals surface area contributed by atoms with Crippen LogP contribution < -0.4 is 5.32 Å². The smallest absolute Gasteiger partial charge is 0.175 e. The van der Waals surface area contributed by atoms with E-state index in [1.54, 1.807) is 30.5 Å². The summed E-state index contributed by atoms with van der Waals surface area (Å²) in [4.78, 5) is 8.20. The van der Waals surface area contributed by atoms with Crippen molar-refractivity contribution in [1.29, 1.82) is 0 Å². The van der Waals surface area contributed by atoms with Crippen molar-refractivity contribution in [2.24, 2.45) is 0 Å². The third kappa shape index (κ3) is 3.05. The predicted octanol–water partition coefficient (Wildman–Crippen LogP) is 2.39. The van der Waals surface area contributed by atoms with Crippen molar-refractivity contribution in [1.82, 2.24) is 9.97 Å². The fraction of sp³-hybridized carbons (Fsp3) is 0.0909. The summed E-state index contributed by atoms with van der Waals surface area (Å²) in [6.45, 7) is 0. The summed E-state index contributed by atoms with van der Waals surface area (Å²) in [5.41, 5.74) is 0.752. The lowest BCUT2D eigenvalue weighted by Gasteiger charge is -2.07. The van der Waals surface area contributed by atoms with E-state index in [-0.39, 0.29) is 4.90 Å². The quantitative estimate of drug-likeness (QED) is 0.937. The van der Waals surface area contributed by atoms with Gasteiger partial charge in [-0.15, -0.1) is 0 Å². The lowest BCUT2D eigenvalue weighted by Crippen LogP contribution is -1.98. The fourth-order valence-corrected chi connectivity index (χ4v) is 2.28. The number of sulfone groups is 1. The summed E-state index contributed by atoms with van der Waals surface area (Å²) in [5.74, 6) is 0.622. The molecule has 0 saturated heterocycles. The normalized spacial score (nSPS) is 11.2. The Bertz CT molecular complexity index is 656. The molecule has 0 atom stereocenters. The fourth-order valence-electron chi connectivity index (χ4n) is 1.33. The Kier molecular flexibility index (Phi) is 3.63. The van der Waals surface area contributed by atoms with Crippen molar-refractivity contribution in [3.63, 3.8) is 0 Å². The van der Waals surface area contributed by atoms with Gasteiger partial charge in [-0.2, -0.15) is 0 Å². The maximum atomic E-state index is 11.3. The summed E-state index contributed by atoms with van der Waals surface area (Å²) in [6.07, 6.45) is 4.23. The second-order valence-electron chi connectivity index (χ2n) is 3.64. The molecule has 0 fully saturated rings. The molecule has 0 aliphatic heterocycles. The highest BCUT2D eigenvalue weighted by molar-refractivity contribution is 9.10. The topological polar surface area (TPSA) is 72.0 Å². The van der Waals surface area contributed by atoms with Gasteiger partial charge in [-0.1, -0.05) is 0 Å². The van der Waals surface area contributed by atoms with E-state index in [0.29, 0.717) is 5.82 Å². The second-order valence-corrected chi connectivity index (χ2v) is 6.51. The van der Waals surface area contributed by atoms with E-state index < -0.39 is 9.84 Å². The number of nitrogens with zero attached hydrogens (tertiary/aromatic N) is 2. The first-order chi connectivity index (χ1) is 8.47. The Morgan fingerprint density at radius 3 is 2.44 bits per heavy atom. The Balaban J connectivity index is 2.24. The molecule has 0 radical (unpaired) electrons. The zero-order valence-electron chi connectivity index (χ0n) is 9.46. The van der Waals surface area contributed by atoms with Gasteiger partial charge in [0.05, 0.1) is 9.37 Å². The number of hydrogen-bond acceptors (Lipinski definition) is 5. The lowest BCUT2D eigenvalue weighted by molar-refractivity contribution is 0.602. The standard InChI is InChI=1S/C11H10BrN3O2S/c1-18(16,17)9-4-2-8(3-5-9)15-11-10(12)6-13-7-14-11/h2-7H,1H3,(H,13,14,15). The van der Waals surface area contributed by atoms with Crippen molar-refractivity contribution < 1.29 is 8.42 Å². The summed E-state index contributed by atoms with van der Waals surface area (Å²) < 4.78 is 23.3. The highest BCUT2D eigenvalue weighted by atomic mass is 79.9. The number of aromatic nitrogens is 2. The van der Waals surface area contributed by atoms with E-state index in [0.717, 1.165) is 10.2 Å². The van der Waals surface area contributed by atoms with Gasteiger partial charge in [0, 0.05) is 18.1 Å². The molecule has 18 heavy (non-hydrogen) atoms. The van der Waals surface area contributed by atoms with Gasteiger partial charge in [-0.3, -0.25) is 0 Å². The average molecular weight is 328 g/mol. The molecule has 2 aromatic rings. The molecule has 1 aromatic heterocycles. The molecule has 94 valence electrons. The maximum absolute atomic E-state index is 11.3. The molecule has 5 nitrogen and oxygen atoms in total. The predicted molar refractivity (Wildman–Crippen MR) is 72.6 cm³/mol. The van der Waals surface area contributed by atoms with Gasteiger partial charge in [-0.25, -0.2) is 18.4 Å². The van der Waals surface area contributed by atoms with Gasteiger partial charge in [0.25, 0.3) is 0 Å². The van der Waals surface area contributed by atoms with Crippen LogP contribution in [-0.2, 0) is 9.84 Å². The average Bonchev–Trinajstić information content (AvgIpc) is 2.32. The molecule has 0 aliphatic carbocycles. The highest BCUT2D eigenvalue weighted by Crippen LogP contribution is 2.22. The molecule has 1 aromatic carbocycles. The zero-order valence-corrected chi connectivity index (χ0v) is 11.9. The van der Waals surface area contributed by atoms with Crippen LogP contribution in [0, 0.1) is 0 Å². The molecular formula is C11H10BrN3O2S. The summed E-state index contributed by atoms with van der Waals surface area (Å²) in [7, 11) is -3.16. The summed E-state index contributed by atoms with van der Waals surface area (Å²) >= 11 is 3.32. The molecule has 0 aliphatic rings. The molecule has 0 unspecified atom stereocenters. The Morgan fingerprint density at radius 1 is 1.22 bits per heavy atom. The minimum Gasteiger partial charge on any atom is -0.339 e. The van der Waals surface area contributed by atoms with Crippen molar-refractivity contribution in [3.8, 4) is 0 Å². The van der Waals surface area contributed by atoms with Crippen molar-refractivity contribution in [2.75, 3.05) is 11.6 Å². The van der Waals surface area contributed by atoms with E-state index in [1.807, 2.05) is 0 Å². The van der Waals surface area contributed by atoms with Crippen LogP contribution in [0.25, 0.3) is 0 Å². The van der Waals surface area contributed by atoms with Gasteiger partial charge >= 0.3 is 0 Å². The van der Waals surface area contributed by atoms with Crippen LogP contribution in [0.2, 0.25) is 0 Å². The molecule has 2 rings (SSSR count). The molecule has 0 bridgehead atoms. The summed E-state index contributed by atoms with van der Waals surface area (Å²) in [6, 6.07) is 6.47. The molecular weight excluding hydrogens is 318 g/mol. The van der Waals surface area contributed by atoms with Gasteiger partial charge in [0.1, 0.15) is 12.1 Å². The van der Waals surface area contributed by atoms with Crippen molar-refractivity contribution in [2.45, 2.75) is 4.90 Å². The van der Waals surface area contributed by atoms with E-state index in [1.165, 1.54) is 12.6 Å². The van der Waals surface area contributed by atoms with Gasteiger partial charge in [-0.05, 0) is 40.2 Å². The van der Waals surface area contributed by atoms with Crippen LogP contribution in [0.4, 0.5) is 11.5 Å². The highest BCUT2D eigenvalue weighted by Gasteiger charge is 2.07.